The molecule has 3 rings (SSSR count). The van der Waals surface area contributed by atoms with E-state index in [1.54, 1.807) is 12.4 Å². The number of aromatic nitrogens is 4. The Morgan fingerprint density at radius 3 is 2.91 bits per heavy atom. The molecule has 124 valence electrons. The van der Waals surface area contributed by atoms with Crippen LogP contribution in [-0.4, -0.2) is 38.2 Å². The van der Waals surface area contributed by atoms with Gasteiger partial charge in [-0.1, -0.05) is 0 Å². The average molecular weight is 317 g/mol. The second-order valence-corrected chi connectivity index (χ2v) is 5.90. The number of nitrogens with one attached hydrogen (secondary N) is 1. The predicted molar refractivity (Wildman–Crippen MR) is 84.6 cm³/mol. The molecule has 23 heavy (non-hydrogen) atoms. The molecular formula is C16H23N5O2. The summed E-state index contributed by atoms with van der Waals surface area (Å²) in [5, 5.41) is 3.02. The van der Waals surface area contributed by atoms with Gasteiger partial charge in [0.1, 0.15) is 17.8 Å². The summed E-state index contributed by atoms with van der Waals surface area (Å²) in [5.74, 6) is 1.62. The summed E-state index contributed by atoms with van der Waals surface area (Å²) in [7, 11) is 1.93. The molecular weight excluding hydrogens is 294 g/mol. The fraction of sp³-hybridized carbons (Fsp3) is 0.562. The third kappa shape index (κ3) is 3.44. The Labute approximate surface area is 135 Å². The summed E-state index contributed by atoms with van der Waals surface area (Å²) >= 11 is 0. The number of hydrogen-bond donors (Lipinski definition) is 1. The van der Waals surface area contributed by atoms with Gasteiger partial charge in [0, 0.05) is 51.5 Å². The monoisotopic (exact) mass is 317 g/mol. The van der Waals surface area contributed by atoms with E-state index in [1.807, 2.05) is 35.5 Å². The molecule has 1 amide bonds. The molecule has 2 aromatic heterocycles. The van der Waals surface area contributed by atoms with E-state index in [2.05, 4.69) is 15.3 Å². The van der Waals surface area contributed by atoms with Crippen LogP contribution in [0.5, 0.6) is 0 Å². The minimum Gasteiger partial charge on any atom is -0.369 e. The topological polar surface area (TPSA) is 74.0 Å². The minimum absolute atomic E-state index is 0.0375. The van der Waals surface area contributed by atoms with Gasteiger partial charge in [-0.2, -0.15) is 0 Å². The van der Waals surface area contributed by atoms with Crippen LogP contribution in [0.2, 0.25) is 0 Å². The molecule has 2 atom stereocenters. The first-order valence-electron chi connectivity index (χ1n) is 8.01. The molecule has 1 aliphatic rings. The van der Waals surface area contributed by atoms with Gasteiger partial charge in [-0.05, 0) is 19.8 Å². The maximum Gasteiger partial charge on any atom is 0.226 e. The van der Waals surface area contributed by atoms with Gasteiger partial charge >= 0.3 is 0 Å². The quantitative estimate of drug-likeness (QED) is 0.899. The van der Waals surface area contributed by atoms with Crippen LogP contribution in [0.1, 0.15) is 30.6 Å². The smallest absolute Gasteiger partial charge is 0.226 e. The van der Waals surface area contributed by atoms with Gasteiger partial charge in [0.15, 0.2) is 0 Å². The van der Waals surface area contributed by atoms with Crippen molar-refractivity contribution < 1.29 is 9.53 Å². The maximum absolute atomic E-state index is 12.6. The van der Waals surface area contributed by atoms with Crippen LogP contribution in [0.4, 0.5) is 0 Å². The molecule has 7 heteroatoms. The van der Waals surface area contributed by atoms with E-state index in [4.69, 9.17) is 4.74 Å². The van der Waals surface area contributed by atoms with Crippen molar-refractivity contribution in [2.24, 2.45) is 13.0 Å². The molecule has 7 nitrogen and oxygen atoms in total. The number of rotatable bonds is 5. The van der Waals surface area contributed by atoms with Gasteiger partial charge in [-0.25, -0.2) is 9.97 Å². The van der Waals surface area contributed by atoms with Crippen LogP contribution in [0, 0.1) is 12.8 Å². The molecule has 0 saturated carbocycles. The number of aryl methyl sites for hydroxylation is 2. The summed E-state index contributed by atoms with van der Waals surface area (Å²) in [5.41, 5.74) is 0. The number of imidazole rings is 2. The Hall–Kier alpha value is -2.15. The molecule has 0 unspecified atom stereocenters. The van der Waals surface area contributed by atoms with Crippen molar-refractivity contribution >= 4 is 5.91 Å². The van der Waals surface area contributed by atoms with Crippen molar-refractivity contribution in [2.75, 3.05) is 13.2 Å². The van der Waals surface area contributed by atoms with E-state index in [1.165, 1.54) is 0 Å². The van der Waals surface area contributed by atoms with E-state index < -0.39 is 0 Å². The standard InChI is InChI=1S/C16H23N5O2/c1-12-17-6-9-21(12)10-7-19-16(22)13-4-3-11-23-14(13)15-18-5-8-20(15)2/h5-6,8-9,13-14H,3-4,7,10-11H2,1-2H3,(H,19,22)/t13-,14-/m1/s1. The van der Waals surface area contributed by atoms with Gasteiger partial charge < -0.3 is 19.2 Å². The van der Waals surface area contributed by atoms with Crippen molar-refractivity contribution in [3.8, 4) is 0 Å². The van der Waals surface area contributed by atoms with Crippen LogP contribution in [0.3, 0.4) is 0 Å². The van der Waals surface area contributed by atoms with Gasteiger partial charge in [0.05, 0.1) is 5.92 Å². The van der Waals surface area contributed by atoms with Crippen LogP contribution in [-0.2, 0) is 23.1 Å². The number of nitrogens with zero attached hydrogens (tertiary/aromatic N) is 4. The van der Waals surface area contributed by atoms with E-state index in [9.17, 15) is 4.79 Å². The fourth-order valence-electron chi connectivity index (χ4n) is 3.03. The Morgan fingerprint density at radius 1 is 1.39 bits per heavy atom. The zero-order chi connectivity index (χ0) is 16.2. The SMILES string of the molecule is Cc1nccn1CCNC(=O)[C@@H]1CCCO[C@H]1c1nccn1C. The summed E-state index contributed by atoms with van der Waals surface area (Å²) < 4.78 is 9.79. The normalized spacial score (nSPS) is 21.3. The molecule has 0 spiro atoms. The van der Waals surface area contributed by atoms with Gasteiger partial charge in [0.25, 0.3) is 0 Å². The molecule has 0 radical (unpaired) electrons. The lowest BCUT2D eigenvalue weighted by molar-refractivity contribution is -0.135. The van der Waals surface area contributed by atoms with Crippen molar-refractivity contribution in [3.63, 3.8) is 0 Å². The van der Waals surface area contributed by atoms with Crippen LogP contribution < -0.4 is 5.32 Å². The highest BCUT2D eigenvalue weighted by Crippen LogP contribution is 2.32. The van der Waals surface area contributed by atoms with Crippen LogP contribution in [0.15, 0.2) is 24.8 Å². The molecule has 0 bridgehead atoms. The lowest BCUT2D eigenvalue weighted by Gasteiger charge is -2.30. The predicted octanol–water partition coefficient (Wildman–Crippen LogP) is 1.21. The summed E-state index contributed by atoms with van der Waals surface area (Å²) in [6.45, 7) is 3.93. The van der Waals surface area contributed by atoms with Crippen molar-refractivity contribution in [3.05, 3.63) is 36.4 Å². The third-order valence-corrected chi connectivity index (χ3v) is 4.35. The Balaban J connectivity index is 1.60. The van der Waals surface area contributed by atoms with Gasteiger partial charge in [-0.15, -0.1) is 0 Å². The number of hydrogen-bond acceptors (Lipinski definition) is 4. The number of carbonyl (C=O) groups is 1. The molecule has 1 fully saturated rings. The van der Waals surface area contributed by atoms with Crippen molar-refractivity contribution in [2.45, 2.75) is 32.4 Å². The molecule has 3 heterocycles. The first-order chi connectivity index (χ1) is 11.2. The van der Waals surface area contributed by atoms with E-state index in [0.717, 1.165) is 31.0 Å². The molecule has 0 aromatic carbocycles. The average Bonchev–Trinajstić information content (AvgIpc) is 3.16. The molecule has 1 aliphatic heterocycles. The first kappa shape index (κ1) is 15.7. The highest BCUT2D eigenvalue weighted by molar-refractivity contribution is 5.79. The van der Waals surface area contributed by atoms with E-state index in [-0.39, 0.29) is 17.9 Å². The molecule has 1 saturated heterocycles. The van der Waals surface area contributed by atoms with E-state index >= 15 is 0 Å². The van der Waals surface area contributed by atoms with Crippen molar-refractivity contribution in [1.82, 2.24) is 24.4 Å². The zero-order valence-corrected chi connectivity index (χ0v) is 13.6. The van der Waals surface area contributed by atoms with Gasteiger partial charge in [0.2, 0.25) is 5.91 Å². The second-order valence-electron chi connectivity index (χ2n) is 5.90. The van der Waals surface area contributed by atoms with Gasteiger partial charge in [-0.3, -0.25) is 4.79 Å². The highest BCUT2D eigenvalue weighted by Gasteiger charge is 2.35. The summed E-state index contributed by atoms with van der Waals surface area (Å²) in [6, 6.07) is 0. The third-order valence-electron chi connectivity index (χ3n) is 4.35. The molecule has 1 N–H and O–H groups in total. The Morgan fingerprint density at radius 2 is 2.22 bits per heavy atom. The molecule has 2 aromatic rings. The number of ether oxygens (including phenoxy) is 1. The maximum atomic E-state index is 12.6. The van der Waals surface area contributed by atoms with Crippen molar-refractivity contribution in [1.29, 1.82) is 0 Å². The van der Waals surface area contributed by atoms with Crippen LogP contribution >= 0.6 is 0 Å². The lowest BCUT2D eigenvalue weighted by Crippen LogP contribution is -2.39. The summed E-state index contributed by atoms with van der Waals surface area (Å²) in [6.07, 6.45) is 8.77. The second kappa shape index (κ2) is 6.95. The summed E-state index contributed by atoms with van der Waals surface area (Å²) in [4.78, 5) is 21.1. The Bertz CT molecular complexity index is 663. The zero-order valence-electron chi connectivity index (χ0n) is 13.6. The highest BCUT2D eigenvalue weighted by atomic mass is 16.5. The van der Waals surface area contributed by atoms with E-state index in [0.29, 0.717) is 13.2 Å². The first-order valence-corrected chi connectivity index (χ1v) is 8.01. The number of carbonyl (C=O) groups excluding carboxylic acids is 1. The Kier molecular flexibility index (Phi) is 4.76. The minimum atomic E-state index is -0.265. The largest absolute Gasteiger partial charge is 0.369 e. The number of amides is 1. The fourth-order valence-corrected chi connectivity index (χ4v) is 3.03. The van der Waals surface area contributed by atoms with Crippen LogP contribution in [0.25, 0.3) is 0 Å². The molecule has 0 aliphatic carbocycles. The lowest BCUT2D eigenvalue weighted by atomic mass is 9.92.